The van der Waals surface area contributed by atoms with Crippen molar-refractivity contribution >= 4 is 11.6 Å². The highest BCUT2D eigenvalue weighted by atomic mass is 19.1. The summed E-state index contributed by atoms with van der Waals surface area (Å²) in [7, 11) is 0. The average Bonchev–Trinajstić information content (AvgIpc) is 3.09. The van der Waals surface area contributed by atoms with Crippen LogP contribution in [0.2, 0.25) is 0 Å². The number of amides is 1. The van der Waals surface area contributed by atoms with Gasteiger partial charge in [-0.3, -0.25) is 4.79 Å². The van der Waals surface area contributed by atoms with Gasteiger partial charge in [0.25, 0.3) is 0 Å². The molecule has 142 valence electrons. The fraction of sp³-hybridized carbons (Fsp3) is 0.364. The standard InChI is InChI=1S/C22H25FN2O2/c1-15(2)22(26)25(13-17-5-4-6-19(23)11-17)14-20-12-21(24-27-20)18-9-7-16(3)8-10-18/h4-11,15,20H,12-14H2,1-3H3. The molecule has 1 amide bonds. The minimum atomic E-state index is -0.299. The van der Waals surface area contributed by atoms with Crippen LogP contribution in [0.1, 0.15) is 37.0 Å². The Morgan fingerprint density at radius 3 is 2.67 bits per heavy atom. The molecule has 0 spiro atoms. The van der Waals surface area contributed by atoms with Gasteiger partial charge in [-0.1, -0.05) is 61.0 Å². The number of hydrogen-bond donors (Lipinski definition) is 0. The normalized spacial score (nSPS) is 16.2. The lowest BCUT2D eigenvalue weighted by atomic mass is 10.0. The Kier molecular flexibility index (Phi) is 5.89. The Balaban J connectivity index is 1.68. The number of halogens is 1. The van der Waals surface area contributed by atoms with Crippen LogP contribution in [0.15, 0.2) is 53.7 Å². The second-order valence-corrected chi connectivity index (χ2v) is 7.34. The van der Waals surface area contributed by atoms with E-state index in [2.05, 4.69) is 5.16 Å². The van der Waals surface area contributed by atoms with Gasteiger partial charge in [0.1, 0.15) is 5.82 Å². The molecule has 0 aromatic heterocycles. The molecule has 3 rings (SSSR count). The molecule has 0 N–H and O–H groups in total. The van der Waals surface area contributed by atoms with Crippen molar-refractivity contribution < 1.29 is 14.0 Å². The van der Waals surface area contributed by atoms with E-state index in [0.717, 1.165) is 16.8 Å². The third-order valence-electron chi connectivity index (χ3n) is 4.61. The van der Waals surface area contributed by atoms with E-state index >= 15 is 0 Å². The van der Waals surface area contributed by atoms with Gasteiger partial charge in [0.2, 0.25) is 5.91 Å². The van der Waals surface area contributed by atoms with E-state index in [9.17, 15) is 9.18 Å². The van der Waals surface area contributed by atoms with Gasteiger partial charge < -0.3 is 9.74 Å². The fourth-order valence-electron chi connectivity index (χ4n) is 3.14. The Hall–Kier alpha value is -2.69. The molecule has 27 heavy (non-hydrogen) atoms. The van der Waals surface area contributed by atoms with E-state index in [1.807, 2.05) is 51.1 Å². The smallest absolute Gasteiger partial charge is 0.225 e. The van der Waals surface area contributed by atoms with Crippen LogP contribution < -0.4 is 0 Å². The van der Waals surface area contributed by atoms with Gasteiger partial charge in [0.05, 0.1) is 12.3 Å². The van der Waals surface area contributed by atoms with E-state index in [1.165, 1.54) is 17.7 Å². The van der Waals surface area contributed by atoms with Crippen LogP contribution >= 0.6 is 0 Å². The fourth-order valence-corrected chi connectivity index (χ4v) is 3.14. The summed E-state index contributed by atoms with van der Waals surface area (Å²) < 4.78 is 13.5. The molecule has 4 nitrogen and oxygen atoms in total. The van der Waals surface area contributed by atoms with Crippen molar-refractivity contribution in [1.82, 2.24) is 4.90 Å². The van der Waals surface area contributed by atoms with Crippen LogP contribution in [0.3, 0.4) is 0 Å². The number of aryl methyl sites for hydroxylation is 1. The summed E-state index contributed by atoms with van der Waals surface area (Å²) in [5, 5.41) is 4.21. The second kappa shape index (κ2) is 8.33. The lowest BCUT2D eigenvalue weighted by Gasteiger charge is -2.26. The Bertz CT molecular complexity index is 830. The lowest BCUT2D eigenvalue weighted by Crippen LogP contribution is -2.39. The molecule has 0 fully saturated rings. The molecule has 1 aliphatic rings. The molecule has 0 radical (unpaired) electrons. The molecule has 0 bridgehead atoms. The zero-order valence-electron chi connectivity index (χ0n) is 16.0. The van der Waals surface area contributed by atoms with Gasteiger partial charge in [-0.15, -0.1) is 0 Å². The molecular formula is C22H25FN2O2. The number of benzene rings is 2. The lowest BCUT2D eigenvalue weighted by molar-refractivity contribution is -0.137. The average molecular weight is 368 g/mol. The monoisotopic (exact) mass is 368 g/mol. The number of nitrogens with zero attached hydrogens (tertiary/aromatic N) is 2. The molecule has 1 aliphatic heterocycles. The Morgan fingerprint density at radius 2 is 2.00 bits per heavy atom. The molecule has 0 saturated heterocycles. The summed E-state index contributed by atoms with van der Waals surface area (Å²) in [6.45, 7) is 6.55. The molecule has 2 aromatic carbocycles. The zero-order chi connectivity index (χ0) is 19.4. The summed E-state index contributed by atoms with van der Waals surface area (Å²) in [5.74, 6) is -0.421. The van der Waals surface area contributed by atoms with Crippen molar-refractivity contribution in [2.75, 3.05) is 6.54 Å². The summed E-state index contributed by atoms with van der Waals surface area (Å²) in [6.07, 6.45) is 0.450. The van der Waals surface area contributed by atoms with Crippen molar-refractivity contribution in [3.8, 4) is 0 Å². The molecule has 5 heteroatoms. The first kappa shape index (κ1) is 19.1. The molecule has 1 atom stereocenters. The summed E-state index contributed by atoms with van der Waals surface area (Å²) in [5.41, 5.74) is 3.89. The SMILES string of the molecule is Cc1ccc(C2=NOC(CN(Cc3cccc(F)c3)C(=O)C(C)C)C2)cc1. The van der Waals surface area contributed by atoms with Crippen LogP contribution in [-0.2, 0) is 16.2 Å². The minimum absolute atomic E-state index is 0.0200. The number of oxime groups is 1. The first-order valence-corrected chi connectivity index (χ1v) is 9.25. The van der Waals surface area contributed by atoms with Crippen LogP contribution in [-0.4, -0.2) is 29.2 Å². The van der Waals surface area contributed by atoms with Crippen LogP contribution in [0.4, 0.5) is 4.39 Å². The van der Waals surface area contributed by atoms with E-state index < -0.39 is 0 Å². The molecule has 0 saturated carbocycles. The van der Waals surface area contributed by atoms with Gasteiger partial charge in [0, 0.05) is 18.9 Å². The zero-order valence-corrected chi connectivity index (χ0v) is 16.0. The van der Waals surface area contributed by atoms with E-state index in [1.54, 1.807) is 11.0 Å². The van der Waals surface area contributed by atoms with Gasteiger partial charge >= 0.3 is 0 Å². The molecule has 1 heterocycles. The van der Waals surface area contributed by atoms with Crippen LogP contribution in [0.25, 0.3) is 0 Å². The maximum absolute atomic E-state index is 13.5. The van der Waals surface area contributed by atoms with E-state index in [-0.39, 0.29) is 23.7 Å². The van der Waals surface area contributed by atoms with Crippen molar-refractivity contribution in [3.05, 3.63) is 71.0 Å². The van der Waals surface area contributed by atoms with E-state index in [4.69, 9.17) is 4.84 Å². The maximum Gasteiger partial charge on any atom is 0.225 e. The van der Waals surface area contributed by atoms with Crippen molar-refractivity contribution in [1.29, 1.82) is 0 Å². The Labute approximate surface area is 159 Å². The highest BCUT2D eigenvalue weighted by molar-refractivity contribution is 6.01. The first-order chi connectivity index (χ1) is 12.9. The van der Waals surface area contributed by atoms with E-state index in [0.29, 0.717) is 19.5 Å². The van der Waals surface area contributed by atoms with Crippen molar-refractivity contribution in [2.45, 2.75) is 39.8 Å². The minimum Gasteiger partial charge on any atom is -0.390 e. The molecular weight excluding hydrogens is 343 g/mol. The second-order valence-electron chi connectivity index (χ2n) is 7.34. The third-order valence-corrected chi connectivity index (χ3v) is 4.61. The summed E-state index contributed by atoms with van der Waals surface area (Å²) in [4.78, 5) is 20.0. The quantitative estimate of drug-likeness (QED) is 0.762. The highest BCUT2D eigenvalue weighted by Gasteiger charge is 2.27. The predicted octanol–water partition coefficient (Wildman–Crippen LogP) is 4.31. The summed E-state index contributed by atoms with van der Waals surface area (Å²) >= 11 is 0. The predicted molar refractivity (Wildman–Crippen MR) is 104 cm³/mol. The Morgan fingerprint density at radius 1 is 1.26 bits per heavy atom. The largest absolute Gasteiger partial charge is 0.390 e. The van der Waals surface area contributed by atoms with Crippen molar-refractivity contribution in [3.63, 3.8) is 0 Å². The van der Waals surface area contributed by atoms with Gasteiger partial charge in [-0.05, 0) is 30.2 Å². The molecule has 2 aromatic rings. The highest BCUT2D eigenvalue weighted by Crippen LogP contribution is 2.20. The maximum atomic E-state index is 13.5. The number of carbonyl (C=O) groups excluding carboxylic acids is 1. The summed E-state index contributed by atoms with van der Waals surface area (Å²) in [6, 6.07) is 14.5. The number of carbonyl (C=O) groups is 1. The van der Waals surface area contributed by atoms with Gasteiger partial charge in [-0.2, -0.15) is 0 Å². The first-order valence-electron chi connectivity index (χ1n) is 9.25. The topological polar surface area (TPSA) is 41.9 Å². The van der Waals surface area contributed by atoms with Crippen LogP contribution in [0.5, 0.6) is 0 Å². The third kappa shape index (κ3) is 4.94. The molecule has 1 unspecified atom stereocenters. The van der Waals surface area contributed by atoms with Gasteiger partial charge in [-0.25, -0.2) is 4.39 Å². The number of hydrogen-bond acceptors (Lipinski definition) is 3. The van der Waals surface area contributed by atoms with Gasteiger partial charge in [0.15, 0.2) is 6.10 Å². The molecule has 0 aliphatic carbocycles. The van der Waals surface area contributed by atoms with Crippen molar-refractivity contribution in [2.24, 2.45) is 11.1 Å². The van der Waals surface area contributed by atoms with Crippen LogP contribution in [0, 0.1) is 18.7 Å². The number of rotatable bonds is 6.